The monoisotopic (exact) mass is 409 g/mol. The summed E-state index contributed by atoms with van der Waals surface area (Å²) in [6.07, 6.45) is -0.130. The number of para-hydroxylation sites is 1. The van der Waals surface area contributed by atoms with Crippen molar-refractivity contribution in [1.82, 2.24) is 4.98 Å². The van der Waals surface area contributed by atoms with Crippen LogP contribution in [-0.2, 0) is 6.42 Å². The van der Waals surface area contributed by atoms with Crippen LogP contribution in [0.1, 0.15) is 17.4 Å². The molecule has 106 valence electrons. The topological polar surface area (TPSA) is 33.1 Å². The molecule has 3 aromatic rings. The minimum Gasteiger partial charge on any atom is -0.388 e. The van der Waals surface area contributed by atoms with E-state index in [2.05, 4.69) is 27.6 Å². The highest BCUT2D eigenvalue weighted by molar-refractivity contribution is 14.1. The lowest BCUT2D eigenvalue weighted by Crippen LogP contribution is -2.03. The van der Waals surface area contributed by atoms with Crippen LogP contribution in [0, 0.1) is 3.57 Å². The highest BCUT2D eigenvalue weighted by Gasteiger charge is 2.11. The van der Waals surface area contributed by atoms with E-state index >= 15 is 0 Å². The van der Waals surface area contributed by atoms with Gasteiger partial charge in [0, 0.05) is 21.1 Å². The third-order valence-corrected chi connectivity index (χ3v) is 4.96. The van der Waals surface area contributed by atoms with Gasteiger partial charge in [0.2, 0.25) is 0 Å². The molecule has 0 aliphatic carbocycles. The molecular weight excluding hydrogens is 397 g/mol. The van der Waals surface area contributed by atoms with E-state index in [-0.39, 0.29) is 0 Å². The molecule has 4 heteroatoms. The Morgan fingerprint density at radius 1 is 1.10 bits per heavy atom. The molecule has 2 nitrogen and oxygen atoms in total. The van der Waals surface area contributed by atoms with Gasteiger partial charge in [0.15, 0.2) is 0 Å². The zero-order valence-corrected chi connectivity index (χ0v) is 14.0. The largest absolute Gasteiger partial charge is 0.388 e. The summed E-state index contributed by atoms with van der Waals surface area (Å²) >= 11 is 8.28. The Hall–Kier alpha value is -1.17. The minimum absolute atomic E-state index is 0.474. The van der Waals surface area contributed by atoms with Gasteiger partial charge in [-0.3, -0.25) is 4.98 Å². The maximum absolute atomic E-state index is 10.4. The average molecular weight is 410 g/mol. The first-order valence-electron chi connectivity index (χ1n) is 6.61. The van der Waals surface area contributed by atoms with Crippen LogP contribution in [0.2, 0.25) is 5.02 Å². The fraction of sp³-hybridized carbons (Fsp3) is 0.118. The Labute approximate surface area is 141 Å². The number of pyridine rings is 1. The molecule has 0 aliphatic rings. The van der Waals surface area contributed by atoms with Crippen LogP contribution in [0.15, 0.2) is 54.6 Å². The Balaban J connectivity index is 1.85. The maximum Gasteiger partial charge on any atom is 0.0846 e. The van der Waals surface area contributed by atoms with E-state index < -0.39 is 6.10 Å². The van der Waals surface area contributed by atoms with Crippen molar-refractivity contribution in [1.29, 1.82) is 0 Å². The lowest BCUT2D eigenvalue weighted by molar-refractivity contribution is 0.177. The molecule has 0 saturated heterocycles. The maximum atomic E-state index is 10.4. The number of benzene rings is 2. The Morgan fingerprint density at radius 3 is 2.71 bits per heavy atom. The SMILES string of the molecule is OC(Cc1ccc2ccccc2n1)c1ccc(I)c(Cl)c1. The van der Waals surface area contributed by atoms with E-state index in [4.69, 9.17) is 11.6 Å². The molecule has 0 spiro atoms. The third kappa shape index (κ3) is 3.36. The van der Waals surface area contributed by atoms with Crippen LogP contribution in [0.3, 0.4) is 0 Å². The second kappa shape index (κ2) is 6.30. The average Bonchev–Trinajstić information content (AvgIpc) is 2.50. The Kier molecular flexibility index (Phi) is 4.42. The lowest BCUT2D eigenvalue weighted by Gasteiger charge is -2.12. The van der Waals surface area contributed by atoms with Crippen molar-refractivity contribution < 1.29 is 5.11 Å². The molecule has 0 bridgehead atoms. The van der Waals surface area contributed by atoms with Crippen molar-refractivity contribution in [2.45, 2.75) is 12.5 Å². The predicted molar refractivity (Wildman–Crippen MR) is 94.6 cm³/mol. The van der Waals surface area contributed by atoms with E-state index in [1.165, 1.54) is 0 Å². The number of aromatic nitrogens is 1. The summed E-state index contributed by atoms with van der Waals surface area (Å²) in [5.74, 6) is 0. The zero-order chi connectivity index (χ0) is 14.8. The summed E-state index contributed by atoms with van der Waals surface area (Å²) in [6, 6.07) is 17.6. The van der Waals surface area contributed by atoms with E-state index in [0.29, 0.717) is 11.4 Å². The van der Waals surface area contributed by atoms with Crippen molar-refractivity contribution in [2.24, 2.45) is 0 Å². The molecule has 1 aromatic heterocycles. The number of hydrogen-bond acceptors (Lipinski definition) is 2. The van der Waals surface area contributed by atoms with E-state index in [1.807, 2.05) is 54.6 Å². The highest BCUT2D eigenvalue weighted by atomic mass is 127. The number of aliphatic hydroxyl groups is 1. The van der Waals surface area contributed by atoms with Crippen LogP contribution in [-0.4, -0.2) is 10.1 Å². The number of aliphatic hydroxyl groups excluding tert-OH is 1. The van der Waals surface area contributed by atoms with Gasteiger partial charge in [0.25, 0.3) is 0 Å². The van der Waals surface area contributed by atoms with Crippen LogP contribution < -0.4 is 0 Å². The molecule has 1 atom stereocenters. The molecule has 0 radical (unpaired) electrons. The second-order valence-electron chi connectivity index (χ2n) is 4.89. The first-order chi connectivity index (χ1) is 10.1. The van der Waals surface area contributed by atoms with Crippen molar-refractivity contribution in [2.75, 3.05) is 0 Å². The third-order valence-electron chi connectivity index (χ3n) is 3.39. The Morgan fingerprint density at radius 2 is 1.90 bits per heavy atom. The molecule has 0 fully saturated rings. The number of fused-ring (bicyclic) bond motifs is 1. The van der Waals surface area contributed by atoms with Gasteiger partial charge in [0.05, 0.1) is 16.6 Å². The summed E-state index contributed by atoms with van der Waals surface area (Å²) in [4.78, 5) is 4.59. The minimum atomic E-state index is -0.604. The normalized spacial score (nSPS) is 12.5. The summed E-state index contributed by atoms with van der Waals surface area (Å²) < 4.78 is 0.981. The second-order valence-corrected chi connectivity index (χ2v) is 6.46. The number of nitrogens with zero attached hydrogens (tertiary/aromatic N) is 1. The van der Waals surface area contributed by atoms with Gasteiger partial charge in [-0.25, -0.2) is 0 Å². The molecule has 0 aliphatic heterocycles. The molecule has 1 heterocycles. The van der Waals surface area contributed by atoms with Gasteiger partial charge in [-0.05, 0) is 52.4 Å². The lowest BCUT2D eigenvalue weighted by atomic mass is 10.0. The number of hydrogen-bond donors (Lipinski definition) is 1. The van der Waals surface area contributed by atoms with Gasteiger partial charge in [-0.15, -0.1) is 0 Å². The van der Waals surface area contributed by atoms with Crippen LogP contribution in [0.25, 0.3) is 10.9 Å². The van der Waals surface area contributed by atoms with Gasteiger partial charge >= 0.3 is 0 Å². The highest BCUT2D eigenvalue weighted by Crippen LogP contribution is 2.25. The number of halogens is 2. The fourth-order valence-electron chi connectivity index (χ4n) is 2.26. The Bertz CT molecular complexity index is 791. The van der Waals surface area contributed by atoms with E-state index in [9.17, 15) is 5.11 Å². The van der Waals surface area contributed by atoms with Gasteiger partial charge in [-0.1, -0.05) is 41.9 Å². The fourth-order valence-corrected chi connectivity index (χ4v) is 2.78. The molecule has 1 unspecified atom stereocenters. The van der Waals surface area contributed by atoms with Crippen molar-refractivity contribution in [3.8, 4) is 0 Å². The van der Waals surface area contributed by atoms with Crippen LogP contribution in [0.5, 0.6) is 0 Å². The van der Waals surface area contributed by atoms with Crippen molar-refractivity contribution in [3.05, 3.63) is 74.4 Å². The standard InChI is InChI=1S/C17H13ClINO/c18-14-9-12(6-8-15(14)19)17(21)10-13-7-5-11-3-1-2-4-16(11)20-13/h1-9,17,21H,10H2. The van der Waals surface area contributed by atoms with Crippen molar-refractivity contribution in [3.63, 3.8) is 0 Å². The quantitative estimate of drug-likeness (QED) is 0.632. The summed E-state index contributed by atoms with van der Waals surface area (Å²) in [5.41, 5.74) is 2.63. The first-order valence-corrected chi connectivity index (χ1v) is 8.07. The molecule has 21 heavy (non-hydrogen) atoms. The number of rotatable bonds is 3. The van der Waals surface area contributed by atoms with Crippen LogP contribution >= 0.6 is 34.2 Å². The summed E-state index contributed by atoms with van der Waals surface area (Å²) in [6.45, 7) is 0. The van der Waals surface area contributed by atoms with Crippen LogP contribution in [0.4, 0.5) is 0 Å². The molecule has 1 N–H and O–H groups in total. The molecule has 0 saturated carbocycles. The smallest absolute Gasteiger partial charge is 0.0846 e. The first kappa shape index (κ1) is 14.8. The van der Waals surface area contributed by atoms with E-state index in [1.54, 1.807) is 0 Å². The predicted octanol–water partition coefficient (Wildman–Crippen LogP) is 4.77. The van der Waals surface area contributed by atoms with E-state index in [0.717, 1.165) is 25.7 Å². The zero-order valence-electron chi connectivity index (χ0n) is 11.1. The molecule has 0 amide bonds. The molecule has 2 aromatic carbocycles. The molecule has 3 rings (SSSR count). The summed E-state index contributed by atoms with van der Waals surface area (Å²) in [5, 5.41) is 12.1. The summed E-state index contributed by atoms with van der Waals surface area (Å²) in [7, 11) is 0. The van der Waals surface area contributed by atoms with Gasteiger partial charge < -0.3 is 5.11 Å². The van der Waals surface area contributed by atoms with Gasteiger partial charge in [0.1, 0.15) is 0 Å². The molecular formula is C17H13ClINO. The van der Waals surface area contributed by atoms with Gasteiger partial charge in [-0.2, -0.15) is 0 Å². The van der Waals surface area contributed by atoms with Crippen molar-refractivity contribution >= 4 is 45.1 Å².